The van der Waals surface area contributed by atoms with Crippen molar-refractivity contribution in [1.82, 2.24) is 14.8 Å². The zero-order valence-corrected chi connectivity index (χ0v) is 21.8. The molecule has 0 spiro atoms. The first kappa shape index (κ1) is 24.0. The van der Waals surface area contributed by atoms with Crippen molar-refractivity contribution in [3.63, 3.8) is 0 Å². The SMILES string of the molecule is CCCc1cc(-c2nnc(SCC(=O)Nc3sc4c(c3C#N)CCCCC4)n2C(C)C)cs1. The van der Waals surface area contributed by atoms with E-state index in [0.29, 0.717) is 10.6 Å². The van der Waals surface area contributed by atoms with Gasteiger partial charge in [-0.15, -0.1) is 32.9 Å². The van der Waals surface area contributed by atoms with E-state index in [1.54, 1.807) is 22.7 Å². The van der Waals surface area contributed by atoms with Crippen LogP contribution in [-0.2, 0) is 24.1 Å². The van der Waals surface area contributed by atoms with Gasteiger partial charge < -0.3 is 5.32 Å². The minimum absolute atomic E-state index is 0.117. The third kappa shape index (κ3) is 5.34. The average molecular weight is 500 g/mol. The molecule has 0 atom stereocenters. The Balaban J connectivity index is 1.47. The maximum Gasteiger partial charge on any atom is 0.235 e. The van der Waals surface area contributed by atoms with E-state index in [0.717, 1.165) is 60.6 Å². The quantitative estimate of drug-likeness (QED) is 0.283. The zero-order valence-electron chi connectivity index (χ0n) is 19.3. The lowest BCUT2D eigenvalue weighted by Crippen LogP contribution is -2.15. The molecular weight excluding hydrogens is 470 g/mol. The average Bonchev–Trinajstić information content (AvgIpc) is 3.46. The van der Waals surface area contributed by atoms with Crippen molar-refractivity contribution in [3.05, 3.63) is 32.3 Å². The van der Waals surface area contributed by atoms with Crippen molar-refractivity contribution in [2.45, 2.75) is 76.9 Å². The Morgan fingerprint density at radius 3 is 2.88 bits per heavy atom. The second-order valence-corrected chi connectivity index (χ2v) is 11.6. The number of hydrogen-bond acceptors (Lipinski definition) is 7. The van der Waals surface area contributed by atoms with E-state index in [9.17, 15) is 10.1 Å². The first-order chi connectivity index (χ1) is 16.0. The summed E-state index contributed by atoms with van der Waals surface area (Å²) in [6.07, 6.45) is 7.59. The summed E-state index contributed by atoms with van der Waals surface area (Å²) in [4.78, 5) is 15.4. The lowest BCUT2D eigenvalue weighted by atomic mass is 10.1. The number of aromatic nitrogens is 3. The predicted octanol–water partition coefficient (Wildman–Crippen LogP) is 6.47. The van der Waals surface area contributed by atoms with Crippen molar-refractivity contribution in [1.29, 1.82) is 5.26 Å². The van der Waals surface area contributed by atoms with Gasteiger partial charge in [0, 0.05) is 26.7 Å². The van der Waals surface area contributed by atoms with Crippen LogP contribution in [0, 0.1) is 11.3 Å². The van der Waals surface area contributed by atoms with Crippen molar-refractivity contribution < 1.29 is 4.79 Å². The number of aryl methyl sites for hydroxylation is 2. The van der Waals surface area contributed by atoms with E-state index in [4.69, 9.17) is 0 Å². The third-order valence-electron chi connectivity index (χ3n) is 5.71. The molecule has 0 saturated heterocycles. The molecule has 6 nitrogen and oxygen atoms in total. The number of nitrogens with one attached hydrogen (secondary N) is 1. The van der Waals surface area contributed by atoms with Crippen molar-refractivity contribution >= 4 is 45.3 Å². The smallest absolute Gasteiger partial charge is 0.235 e. The monoisotopic (exact) mass is 499 g/mol. The summed E-state index contributed by atoms with van der Waals surface area (Å²) >= 11 is 4.72. The Labute approximate surface area is 207 Å². The molecule has 3 aromatic heterocycles. The molecule has 9 heteroatoms. The molecule has 1 aliphatic rings. The van der Waals surface area contributed by atoms with E-state index in [2.05, 4.69) is 58.4 Å². The number of nitrogens with zero attached hydrogens (tertiary/aromatic N) is 4. The zero-order chi connectivity index (χ0) is 23.4. The number of carbonyl (C=O) groups is 1. The minimum atomic E-state index is -0.117. The van der Waals surface area contributed by atoms with Crippen molar-refractivity contribution in [2.75, 3.05) is 11.1 Å². The molecule has 3 heterocycles. The fourth-order valence-electron chi connectivity index (χ4n) is 4.15. The molecule has 0 unspecified atom stereocenters. The summed E-state index contributed by atoms with van der Waals surface area (Å²) in [6, 6.07) is 4.70. The summed E-state index contributed by atoms with van der Waals surface area (Å²) in [5, 5.41) is 25.1. The Morgan fingerprint density at radius 2 is 2.12 bits per heavy atom. The fraction of sp³-hybridized carbons (Fsp3) is 0.500. The Morgan fingerprint density at radius 1 is 1.30 bits per heavy atom. The Bertz CT molecular complexity index is 1170. The number of carbonyl (C=O) groups excluding carboxylic acids is 1. The first-order valence-corrected chi connectivity index (χ1v) is 14.2. The lowest BCUT2D eigenvalue weighted by molar-refractivity contribution is -0.113. The van der Waals surface area contributed by atoms with Crippen LogP contribution >= 0.6 is 34.4 Å². The highest BCUT2D eigenvalue weighted by molar-refractivity contribution is 7.99. The number of amides is 1. The molecule has 0 bridgehead atoms. The maximum absolute atomic E-state index is 12.8. The first-order valence-electron chi connectivity index (χ1n) is 11.5. The standard InChI is InChI=1S/C24H29N5OS3/c1-4-8-17-11-16(13-31-17)22-27-28-24(29(22)15(2)3)32-14-21(30)26-23-19(12-25)18-9-6-5-7-10-20(18)33-23/h11,13,15H,4-10,14H2,1-3H3,(H,26,30). The highest BCUT2D eigenvalue weighted by atomic mass is 32.2. The van der Waals surface area contributed by atoms with Gasteiger partial charge in [-0.3, -0.25) is 9.36 Å². The topological polar surface area (TPSA) is 83.6 Å². The highest BCUT2D eigenvalue weighted by Crippen LogP contribution is 2.37. The summed E-state index contributed by atoms with van der Waals surface area (Å²) < 4.78 is 2.10. The largest absolute Gasteiger partial charge is 0.316 e. The molecular formula is C24H29N5OS3. The van der Waals surface area contributed by atoms with Gasteiger partial charge in [0.15, 0.2) is 11.0 Å². The van der Waals surface area contributed by atoms with E-state index < -0.39 is 0 Å². The van der Waals surface area contributed by atoms with Gasteiger partial charge in [-0.1, -0.05) is 31.5 Å². The second-order valence-electron chi connectivity index (χ2n) is 8.54. The van der Waals surface area contributed by atoms with Gasteiger partial charge in [0.25, 0.3) is 0 Å². The Hall–Kier alpha value is -2.15. The molecule has 3 aromatic rings. The molecule has 0 radical (unpaired) electrons. The van der Waals surface area contributed by atoms with Crippen LogP contribution in [0.4, 0.5) is 5.00 Å². The van der Waals surface area contributed by atoms with Gasteiger partial charge in [0.2, 0.25) is 5.91 Å². The molecule has 0 aliphatic heterocycles. The molecule has 0 saturated carbocycles. The molecule has 1 N–H and O–H groups in total. The van der Waals surface area contributed by atoms with Crippen LogP contribution in [0.5, 0.6) is 0 Å². The second kappa shape index (κ2) is 10.9. The van der Waals surface area contributed by atoms with Crippen LogP contribution in [0.1, 0.15) is 73.4 Å². The van der Waals surface area contributed by atoms with Gasteiger partial charge in [0.1, 0.15) is 11.1 Å². The van der Waals surface area contributed by atoms with Crippen LogP contribution in [0.15, 0.2) is 16.6 Å². The molecule has 1 amide bonds. The molecule has 174 valence electrons. The van der Waals surface area contributed by atoms with Crippen molar-refractivity contribution in [3.8, 4) is 17.5 Å². The van der Waals surface area contributed by atoms with E-state index in [1.807, 2.05) is 0 Å². The van der Waals surface area contributed by atoms with Crippen LogP contribution in [-0.4, -0.2) is 26.4 Å². The van der Waals surface area contributed by atoms with E-state index >= 15 is 0 Å². The summed E-state index contributed by atoms with van der Waals surface area (Å²) in [5.74, 6) is 0.956. The predicted molar refractivity (Wildman–Crippen MR) is 137 cm³/mol. The maximum atomic E-state index is 12.8. The number of fused-ring (bicyclic) bond motifs is 1. The summed E-state index contributed by atoms with van der Waals surface area (Å²) in [7, 11) is 0. The number of rotatable bonds is 8. The molecule has 33 heavy (non-hydrogen) atoms. The summed E-state index contributed by atoms with van der Waals surface area (Å²) in [6.45, 7) is 6.39. The van der Waals surface area contributed by atoms with Crippen LogP contribution < -0.4 is 5.32 Å². The molecule has 1 aliphatic carbocycles. The number of anilines is 1. The van der Waals surface area contributed by atoms with E-state index in [1.165, 1.54) is 27.9 Å². The molecule has 0 fully saturated rings. The summed E-state index contributed by atoms with van der Waals surface area (Å²) in [5.41, 5.74) is 2.88. The number of thiophene rings is 2. The van der Waals surface area contributed by atoms with Gasteiger partial charge in [-0.05, 0) is 57.6 Å². The lowest BCUT2D eigenvalue weighted by Gasteiger charge is -2.13. The minimum Gasteiger partial charge on any atom is -0.316 e. The van der Waals surface area contributed by atoms with Gasteiger partial charge in [0.05, 0.1) is 11.3 Å². The van der Waals surface area contributed by atoms with Gasteiger partial charge in [-0.25, -0.2) is 0 Å². The number of nitriles is 1. The molecule has 0 aromatic carbocycles. The highest BCUT2D eigenvalue weighted by Gasteiger charge is 2.22. The third-order valence-corrected chi connectivity index (χ3v) is 8.85. The van der Waals surface area contributed by atoms with E-state index in [-0.39, 0.29) is 17.7 Å². The van der Waals surface area contributed by atoms with Gasteiger partial charge in [-0.2, -0.15) is 5.26 Å². The Kier molecular flexibility index (Phi) is 7.89. The fourth-order valence-corrected chi connectivity index (χ4v) is 7.25. The van der Waals surface area contributed by atoms with Crippen LogP contribution in [0.25, 0.3) is 11.4 Å². The van der Waals surface area contributed by atoms with Crippen molar-refractivity contribution in [2.24, 2.45) is 0 Å². The normalized spacial score (nSPS) is 13.5. The molecule has 4 rings (SSSR count). The van der Waals surface area contributed by atoms with Crippen LogP contribution in [0.3, 0.4) is 0 Å². The number of hydrogen-bond donors (Lipinski definition) is 1. The van der Waals surface area contributed by atoms with Crippen LogP contribution in [0.2, 0.25) is 0 Å². The van der Waals surface area contributed by atoms with Gasteiger partial charge >= 0.3 is 0 Å². The number of thioether (sulfide) groups is 1.